The van der Waals surface area contributed by atoms with Crippen molar-refractivity contribution < 1.29 is 14.0 Å². The Bertz CT molecular complexity index is 692. The number of unbranched alkanes of at least 4 members (excludes halogenated alkanes) is 4. The largest absolute Gasteiger partial charge is 0.466 e. The first kappa shape index (κ1) is 27.4. The van der Waals surface area contributed by atoms with Gasteiger partial charge in [-0.25, -0.2) is 4.79 Å². The second-order valence-corrected chi connectivity index (χ2v) is 14.9. The Morgan fingerprint density at radius 3 is 2.19 bits per heavy atom. The van der Waals surface area contributed by atoms with Crippen molar-refractivity contribution in [2.24, 2.45) is 0 Å². The molecule has 0 unspecified atom stereocenters. The molecule has 0 aromatic heterocycles. The number of methoxy groups -OCH3 is 1. The Kier molecular flexibility index (Phi) is 11.0. The van der Waals surface area contributed by atoms with Crippen LogP contribution in [0.5, 0.6) is 0 Å². The Morgan fingerprint density at radius 1 is 1.10 bits per heavy atom. The molecule has 0 heterocycles. The molecule has 1 aromatic rings. The summed E-state index contributed by atoms with van der Waals surface area (Å²) >= 11 is 0. The SMILES string of the molecule is C=C(C(=O)OC)[C@H](Nc1ccc(C)cc1)[C@@H](CCCCCCC)O[Si](C)(C)C(C)(C)C. The van der Waals surface area contributed by atoms with Crippen LogP contribution in [0.2, 0.25) is 18.1 Å². The molecule has 1 N–H and O–H groups in total. The Labute approximate surface area is 191 Å². The van der Waals surface area contributed by atoms with Crippen molar-refractivity contribution in [3.63, 3.8) is 0 Å². The summed E-state index contributed by atoms with van der Waals surface area (Å²) in [4.78, 5) is 12.5. The monoisotopic (exact) mass is 447 g/mol. The highest BCUT2D eigenvalue weighted by molar-refractivity contribution is 6.74. The van der Waals surface area contributed by atoms with Gasteiger partial charge < -0.3 is 14.5 Å². The van der Waals surface area contributed by atoms with E-state index in [0.29, 0.717) is 5.57 Å². The van der Waals surface area contributed by atoms with Gasteiger partial charge in [-0.2, -0.15) is 0 Å². The first-order chi connectivity index (χ1) is 14.4. The van der Waals surface area contributed by atoms with Gasteiger partial charge in [-0.05, 0) is 43.6 Å². The van der Waals surface area contributed by atoms with Crippen LogP contribution in [0.15, 0.2) is 36.4 Å². The molecule has 1 aromatic carbocycles. The molecule has 31 heavy (non-hydrogen) atoms. The van der Waals surface area contributed by atoms with E-state index in [2.05, 4.69) is 71.7 Å². The summed E-state index contributed by atoms with van der Waals surface area (Å²) in [6.07, 6.45) is 6.70. The van der Waals surface area contributed by atoms with Crippen molar-refractivity contribution in [2.75, 3.05) is 12.4 Å². The lowest BCUT2D eigenvalue weighted by molar-refractivity contribution is -0.136. The normalized spacial score (nSPS) is 14.1. The van der Waals surface area contributed by atoms with Gasteiger partial charge in [-0.1, -0.05) is 84.1 Å². The molecule has 5 heteroatoms. The maximum Gasteiger partial charge on any atom is 0.335 e. The number of hydrogen-bond donors (Lipinski definition) is 1. The molecule has 0 aliphatic rings. The fraction of sp³-hybridized carbons (Fsp3) is 0.654. The summed E-state index contributed by atoms with van der Waals surface area (Å²) < 4.78 is 11.9. The van der Waals surface area contributed by atoms with E-state index in [1.165, 1.54) is 38.4 Å². The second-order valence-electron chi connectivity index (χ2n) is 10.1. The number of hydrogen-bond acceptors (Lipinski definition) is 4. The molecule has 0 fully saturated rings. The van der Waals surface area contributed by atoms with E-state index < -0.39 is 8.32 Å². The minimum absolute atomic E-state index is 0.0778. The van der Waals surface area contributed by atoms with Crippen LogP contribution >= 0.6 is 0 Å². The number of anilines is 1. The molecule has 0 radical (unpaired) electrons. The molecule has 0 amide bonds. The van der Waals surface area contributed by atoms with Gasteiger partial charge in [-0.15, -0.1) is 0 Å². The van der Waals surface area contributed by atoms with Crippen LogP contribution in [0.25, 0.3) is 0 Å². The lowest BCUT2D eigenvalue weighted by atomic mass is 9.97. The minimum atomic E-state index is -2.06. The number of benzene rings is 1. The van der Waals surface area contributed by atoms with E-state index in [-0.39, 0.29) is 23.2 Å². The maximum atomic E-state index is 12.5. The molecule has 0 aliphatic heterocycles. The number of nitrogens with one attached hydrogen (secondary N) is 1. The minimum Gasteiger partial charge on any atom is -0.466 e. The molecular weight excluding hydrogens is 402 g/mol. The highest BCUT2D eigenvalue weighted by Gasteiger charge is 2.41. The smallest absolute Gasteiger partial charge is 0.335 e. The lowest BCUT2D eigenvalue weighted by Crippen LogP contribution is -2.50. The van der Waals surface area contributed by atoms with Gasteiger partial charge in [0.2, 0.25) is 0 Å². The van der Waals surface area contributed by atoms with E-state index in [4.69, 9.17) is 9.16 Å². The quantitative estimate of drug-likeness (QED) is 0.150. The van der Waals surface area contributed by atoms with Crippen LogP contribution in [0.1, 0.15) is 71.8 Å². The molecule has 0 spiro atoms. The highest BCUT2D eigenvalue weighted by Crippen LogP contribution is 2.39. The molecule has 2 atom stereocenters. The van der Waals surface area contributed by atoms with Crippen molar-refractivity contribution in [3.8, 4) is 0 Å². The third-order valence-electron chi connectivity index (χ3n) is 6.41. The van der Waals surface area contributed by atoms with E-state index in [1.54, 1.807) is 0 Å². The van der Waals surface area contributed by atoms with Crippen molar-refractivity contribution in [3.05, 3.63) is 42.0 Å². The van der Waals surface area contributed by atoms with Crippen molar-refractivity contribution in [2.45, 2.75) is 103 Å². The third-order valence-corrected chi connectivity index (χ3v) is 10.9. The van der Waals surface area contributed by atoms with Gasteiger partial charge in [0.25, 0.3) is 0 Å². The predicted molar refractivity (Wildman–Crippen MR) is 135 cm³/mol. The fourth-order valence-corrected chi connectivity index (χ4v) is 4.65. The van der Waals surface area contributed by atoms with Gasteiger partial charge in [0.05, 0.1) is 24.8 Å². The fourth-order valence-electron chi connectivity index (χ4n) is 3.29. The number of rotatable bonds is 13. The summed E-state index contributed by atoms with van der Waals surface area (Å²) in [7, 11) is -0.649. The highest BCUT2D eigenvalue weighted by atomic mass is 28.4. The average Bonchev–Trinajstić information content (AvgIpc) is 2.70. The summed E-state index contributed by atoms with van der Waals surface area (Å²) in [5.41, 5.74) is 2.56. The maximum absolute atomic E-state index is 12.5. The van der Waals surface area contributed by atoms with Crippen LogP contribution < -0.4 is 5.32 Å². The van der Waals surface area contributed by atoms with Gasteiger partial charge >= 0.3 is 5.97 Å². The summed E-state index contributed by atoms with van der Waals surface area (Å²) in [5, 5.41) is 3.62. The first-order valence-corrected chi connectivity index (χ1v) is 14.6. The molecule has 0 bridgehead atoms. The zero-order valence-electron chi connectivity index (χ0n) is 21.1. The molecule has 4 nitrogen and oxygen atoms in total. The standard InChI is InChI=1S/C26H45NO3Si/c1-10-11-12-13-14-15-23(30-31(8,9)26(4,5)6)24(21(3)25(28)29-7)27-22-18-16-20(2)17-19-22/h16-19,23-24,27H,3,10-15H2,1-2,4-9H3/t23-,24+/m1/s1. The van der Waals surface area contributed by atoms with Crippen molar-refractivity contribution in [1.29, 1.82) is 0 Å². The number of carbonyl (C=O) groups is 1. The second kappa shape index (κ2) is 12.4. The van der Waals surface area contributed by atoms with E-state index in [9.17, 15) is 4.79 Å². The predicted octanol–water partition coefficient (Wildman–Crippen LogP) is 7.26. The average molecular weight is 448 g/mol. The topological polar surface area (TPSA) is 47.6 Å². The number of carbonyl (C=O) groups excluding carboxylic acids is 1. The first-order valence-electron chi connectivity index (χ1n) is 11.7. The van der Waals surface area contributed by atoms with Crippen molar-refractivity contribution >= 4 is 20.0 Å². The van der Waals surface area contributed by atoms with Crippen LogP contribution in [0.4, 0.5) is 5.69 Å². The van der Waals surface area contributed by atoms with E-state index >= 15 is 0 Å². The van der Waals surface area contributed by atoms with Gasteiger partial charge in [0, 0.05) is 5.69 Å². The van der Waals surface area contributed by atoms with Crippen LogP contribution in [-0.4, -0.2) is 33.5 Å². The molecule has 176 valence electrons. The summed E-state index contributed by atoms with van der Waals surface area (Å²) in [6, 6.07) is 7.87. The van der Waals surface area contributed by atoms with Gasteiger partial charge in [0.15, 0.2) is 8.32 Å². The Balaban J connectivity index is 3.20. The van der Waals surface area contributed by atoms with Crippen molar-refractivity contribution in [1.82, 2.24) is 0 Å². The Morgan fingerprint density at radius 2 is 1.68 bits per heavy atom. The number of aryl methyl sites for hydroxylation is 1. The molecule has 0 saturated carbocycles. The Hall–Kier alpha value is -1.59. The van der Waals surface area contributed by atoms with Gasteiger partial charge in [0.1, 0.15) is 0 Å². The third kappa shape index (κ3) is 8.81. The lowest BCUT2D eigenvalue weighted by Gasteiger charge is -2.42. The van der Waals surface area contributed by atoms with Crippen LogP contribution in [0, 0.1) is 6.92 Å². The molecular formula is C26H45NO3Si. The molecule has 1 rings (SSSR count). The van der Waals surface area contributed by atoms with Gasteiger partial charge in [-0.3, -0.25) is 0 Å². The van der Waals surface area contributed by atoms with Crippen LogP contribution in [-0.2, 0) is 14.0 Å². The summed E-state index contributed by atoms with van der Waals surface area (Å²) in [5.74, 6) is -0.389. The van der Waals surface area contributed by atoms with Crippen LogP contribution in [0.3, 0.4) is 0 Å². The van der Waals surface area contributed by atoms with E-state index in [0.717, 1.165) is 18.5 Å². The van der Waals surface area contributed by atoms with E-state index in [1.807, 2.05) is 12.1 Å². The number of ether oxygens (including phenoxy) is 1. The zero-order valence-corrected chi connectivity index (χ0v) is 22.1. The molecule has 0 aliphatic carbocycles. The molecule has 0 saturated heterocycles. The summed E-state index contributed by atoms with van der Waals surface area (Å²) in [6.45, 7) is 19.7. The number of esters is 1. The zero-order chi connectivity index (χ0) is 23.7.